The van der Waals surface area contributed by atoms with Crippen molar-refractivity contribution in [3.05, 3.63) is 0 Å². The summed E-state index contributed by atoms with van der Waals surface area (Å²) in [6, 6.07) is 0. The van der Waals surface area contributed by atoms with E-state index in [0.29, 0.717) is 6.54 Å². The van der Waals surface area contributed by atoms with Crippen LogP contribution in [0, 0.1) is 5.41 Å². The minimum Gasteiger partial charge on any atom is -0.354 e. The molecule has 110 valence electrons. The number of nitrogens with one attached hydrogen (secondary N) is 2. The number of amides is 1. The number of hydrogen-bond acceptors (Lipinski definition) is 3. The van der Waals surface area contributed by atoms with Crippen molar-refractivity contribution in [3.63, 3.8) is 0 Å². The van der Waals surface area contributed by atoms with Gasteiger partial charge in [-0.1, -0.05) is 0 Å². The summed E-state index contributed by atoms with van der Waals surface area (Å²) in [5, 5.41) is 5.10. The number of hydrogen-bond donors (Lipinski definition) is 2. The fraction of sp³-hybridized carbons (Fsp3) is 0.917. The van der Waals surface area contributed by atoms with Crippen LogP contribution in [0.4, 0.5) is 13.2 Å². The first-order valence-electron chi connectivity index (χ1n) is 6.74. The van der Waals surface area contributed by atoms with Gasteiger partial charge in [0.25, 0.3) is 0 Å². The van der Waals surface area contributed by atoms with Crippen molar-refractivity contribution >= 4 is 5.91 Å². The van der Waals surface area contributed by atoms with E-state index in [1.165, 1.54) is 0 Å². The molecule has 0 aliphatic carbocycles. The molecule has 2 rings (SSSR count). The van der Waals surface area contributed by atoms with Crippen LogP contribution in [0.25, 0.3) is 0 Å². The molecule has 4 nitrogen and oxygen atoms in total. The zero-order chi connectivity index (χ0) is 13.9. The minimum absolute atomic E-state index is 0.175. The van der Waals surface area contributed by atoms with Gasteiger partial charge in [-0.15, -0.1) is 0 Å². The molecule has 2 fully saturated rings. The van der Waals surface area contributed by atoms with Crippen LogP contribution < -0.4 is 10.6 Å². The summed E-state index contributed by atoms with van der Waals surface area (Å²) in [6.45, 7) is 2.79. The van der Waals surface area contributed by atoms with Gasteiger partial charge in [-0.2, -0.15) is 13.2 Å². The number of carbonyl (C=O) groups is 1. The van der Waals surface area contributed by atoms with Crippen LogP contribution in [-0.2, 0) is 4.79 Å². The Kier molecular flexibility index (Phi) is 4.35. The van der Waals surface area contributed by atoms with E-state index < -0.39 is 17.5 Å². The predicted octanol–water partition coefficient (Wildman–Crippen LogP) is 0.740. The predicted molar refractivity (Wildman–Crippen MR) is 64.7 cm³/mol. The number of carbonyl (C=O) groups excluding carboxylic acids is 1. The molecule has 1 amide bonds. The Balaban J connectivity index is 1.86. The Labute approximate surface area is 110 Å². The van der Waals surface area contributed by atoms with Crippen LogP contribution in [0.5, 0.6) is 0 Å². The van der Waals surface area contributed by atoms with Crippen molar-refractivity contribution in [3.8, 4) is 0 Å². The van der Waals surface area contributed by atoms with Crippen LogP contribution >= 0.6 is 0 Å². The summed E-state index contributed by atoms with van der Waals surface area (Å²) >= 11 is 0. The Bertz CT molecular complexity index is 321. The second-order valence-electron chi connectivity index (χ2n) is 5.31. The van der Waals surface area contributed by atoms with Crippen molar-refractivity contribution in [2.24, 2.45) is 5.41 Å². The van der Waals surface area contributed by atoms with E-state index >= 15 is 0 Å². The number of alkyl halides is 3. The molecule has 0 radical (unpaired) electrons. The van der Waals surface area contributed by atoms with Crippen LogP contribution in [0.15, 0.2) is 0 Å². The van der Waals surface area contributed by atoms with E-state index in [1.807, 2.05) is 0 Å². The molecule has 0 saturated carbocycles. The topological polar surface area (TPSA) is 44.4 Å². The normalized spacial score (nSPS) is 28.8. The van der Waals surface area contributed by atoms with Gasteiger partial charge >= 0.3 is 6.18 Å². The lowest BCUT2D eigenvalue weighted by atomic mass is 9.85. The Morgan fingerprint density at radius 2 is 2.00 bits per heavy atom. The summed E-state index contributed by atoms with van der Waals surface area (Å²) in [5.41, 5.74) is -2.24. The van der Waals surface area contributed by atoms with E-state index in [2.05, 4.69) is 15.5 Å². The number of likely N-dealkylation sites (tertiary alicyclic amines) is 1. The highest BCUT2D eigenvalue weighted by Gasteiger charge is 2.61. The quantitative estimate of drug-likeness (QED) is 0.798. The fourth-order valence-corrected chi connectivity index (χ4v) is 2.76. The first-order chi connectivity index (χ1) is 8.96. The second kappa shape index (κ2) is 5.66. The number of halogens is 3. The van der Waals surface area contributed by atoms with E-state index in [4.69, 9.17) is 0 Å². The van der Waals surface area contributed by atoms with Crippen molar-refractivity contribution in [1.82, 2.24) is 15.5 Å². The van der Waals surface area contributed by atoms with E-state index in [-0.39, 0.29) is 26.1 Å². The maximum Gasteiger partial charge on any atom is 0.404 e. The lowest BCUT2D eigenvalue weighted by Crippen LogP contribution is -2.53. The molecule has 1 atom stereocenters. The maximum absolute atomic E-state index is 13.1. The molecule has 2 saturated heterocycles. The van der Waals surface area contributed by atoms with Crippen LogP contribution in [0.3, 0.4) is 0 Å². The van der Waals surface area contributed by atoms with Gasteiger partial charge in [-0.25, -0.2) is 0 Å². The molecule has 19 heavy (non-hydrogen) atoms. The molecule has 0 aromatic carbocycles. The van der Waals surface area contributed by atoms with E-state index in [0.717, 1.165) is 25.9 Å². The molecule has 7 heteroatoms. The second-order valence-corrected chi connectivity index (χ2v) is 5.31. The Hall–Kier alpha value is -0.820. The molecule has 0 spiro atoms. The molecule has 2 N–H and O–H groups in total. The largest absolute Gasteiger partial charge is 0.404 e. The van der Waals surface area contributed by atoms with Gasteiger partial charge in [-0.05, 0) is 38.9 Å². The lowest BCUT2D eigenvalue weighted by molar-refractivity contribution is -0.216. The number of nitrogens with zero attached hydrogens (tertiary/aromatic N) is 1. The lowest BCUT2D eigenvalue weighted by Gasteiger charge is -2.29. The first kappa shape index (κ1) is 14.6. The van der Waals surface area contributed by atoms with Gasteiger partial charge in [0.05, 0.1) is 0 Å². The zero-order valence-electron chi connectivity index (χ0n) is 10.9. The van der Waals surface area contributed by atoms with Gasteiger partial charge in [0, 0.05) is 19.6 Å². The Morgan fingerprint density at radius 3 is 2.53 bits per heavy atom. The van der Waals surface area contributed by atoms with Gasteiger partial charge in [-0.3, -0.25) is 4.79 Å². The third-order valence-electron chi connectivity index (χ3n) is 4.04. The van der Waals surface area contributed by atoms with Gasteiger partial charge in [0.1, 0.15) is 0 Å². The standard InChI is InChI=1S/C12H20F3N3O/c13-12(14,15)11(3-4-16-9-11)10(19)17-5-8-18-6-1-2-7-18/h16H,1-9H2,(H,17,19). The molecule has 2 heterocycles. The van der Waals surface area contributed by atoms with Crippen LogP contribution in [0.2, 0.25) is 0 Å². The van der Waals surface area contributed by atoms with Gasteiger partial charge in [0.2, 0.25) is 5.91 Å². The molecule has 1 unspecified atom stereocenters. The number of rotatable bonds is 4. The van der Waals surface area contributed by atoms with Crippen molar-refractivity contribution in [2.45, 2.75) is 25.4 Å². The summed E-state index contributed by atoms with van der Waals surface area (Å²) in [5.74, 6) is -0.885. The summed E-state index contributed by atoms with van der Waals surface area (Å²) in [7, 11) is 0. The summed E-state index contributed by atoms with van der Waals surface area (Å²) in [6.07, 6.45) is -2.41. The monoisotopic (exact) mass is 279 g/mol. The average Bonchev–Trinajstić information content (AvgIpc) is 2.99. The molecule has 2 aliphatic heterocycles. The first-order valence-corrected chi connectivity index (χ1v) is 6.74. The average molecular weight is 279 g/mol. The third-order valence-corrected chi connectivity index (χ3v) is 4.04. The molecular formula is C12H20F3N3O. The highest BCUT2D eigenvalue weighted by molar-refractivity contribution is 5.84. The summed E-state index contributed by atoms with van der Waals surface area (Å²) in [4.78, 5) is 14.1. The summed E-state index contributed by atoms with van der Waals surface area (Å²) < 4.78 is 39.2. The zero-order valence-corrected chi connectivity index (χ0v) is 10.9. The van der Waals surface area contributed by atoms with Crippen LogP contribution in [0.1, 0.15) is 19.3 Å². The van der Waals surface area contributed by atoms with Crippen molar-refractivity contribution in [2.75, 3.05) is 39.3 Å². The van der Waals surface area contributed by atoms with E-state index in [1.54, 1.807) is 0 Å². The molecule has 0 bridgehead atoms. The Morgan fingerprint density at radius 1 is 1.32 bits per heavy atom. The maximum atomic E-state index is 13.1. The van der Waals surface area contributed by atoms with Crippen molar-refractivity contribution in [1.29, 1.82) is 0 Å². The highest BCUT2D eigenvalue weighted by Crippen LogP contribution is 2.43. The smallest absolute Gasteiger partial charge is 0.354 e. The van der Waals surface area contributed by atoms with Gasteiger partial charge < -0.3 is 15.5 Å². The molecule has 0 aromatic heterocycles. The van der Waals surface area contributed by atoms with E-state index in [9.17, 15) is 18.0 Å². The molecule has 2 aliphatic rings. The third kappa shape index (κ3) is 3.02. The van der Waals surface area contributed by atoms with Crippen LogP contribution in [-0.4, -0.2) is 56.3 Å². The molecular weight excluding hydrogens is 259 g/mol. The SMILES string of the molecule is O=C(NCCN1CCCC1)C1(C(F)(F)F)CCNC1. The fourth-order valence-electron chi connectivity index (χ4n) is 2.76. The minimum atomic E-state index is -4.49. The van der Waals surface area contributed by atoms with Crippen molar-refractivity contribution < 1.29 is 18.0 Å². The van der Waals surface area contributed by atoms with Gasteiger partial charge in [0.15, 0.2) is 5.41 Å². The highest BCUT2D eigenvalue weighted by atomic mass is 19.4. The molecule has 0 aromatic rings.